The number of amides is 2. The number of piperidine rings is 1. The zero-order valence-electron chi connectivity index (χ0n) is 13.1. The Bertz CT molecular complexity index is 513. The molecule has 3 N–H and O–H groups in total. The summed E-state index contributed by atoms with van der Waals surface area (Å²) in [6, 6.07) is 0. The van der Waals surface area contributed by atoms with Crippen LogP contribution >= 0.6 is 36.2 Å². The van der Waals surface area contributed by atoms with Gasteiger partial charge in [-0.25, -0.2) is 4.98 Å². The molecule has 2 amide bonds. The second-order valence-corrected chi connectivity index (χ2v) is 6.08. The van der Waals surface area contributed by atoms with Gasteiger partial charge in [0, 0.05) is 24.4 Å². The fourth-order valence-electron chi connectivity index (χ4n) is 2.44. The van der Waals surface area contributed by atoms with Gasteiger partial charge in [-0.1, -0.05) is 6.92 Å². The third kappa shape index (κ3) is 6.25. The van der Waals surface area contributed by atoms with Crippen LogP contribution in [0, 0.1) is 0 Å². The van der Waals surface area contributed by atoms with Crippen molar-refractivity contribution in [3.63, 3.8) is 0 Å². The smallest absolute Gasteiger partial charge is 0.241 e. The zero-order valence-corrected chi connectivity index (χ0v) is 15.6. The van der Waals surface area contributed by atoms with Crippen LogP contribution < -0.4 is 11.1 Å². The Labute approximate surface area is 153 Å². The summed E-state index contributed by atoms with van der Waals surface area (Å²) < 4.78 is 0. The topological polar surface area (TPSA) is 88.3 Å². The van der Waals surface area contributed by atoms with Crippen molar-refractivity contribution in [1.29, 1.82) is 0 Å². The van der Waals surface area contributed by atoms with Gasteiger partial charge in [-0.2, -0.15) is 0 Å². The Hall–Kier alpha value is -0.890. The lowest BCUT2D eigenvalue weighted by Gasteiger charge is -2.32. The van der Waals surface area contributed by atoms with Crippen molar-refractivity contribution in [2.45, 2.75) is 32.1 Å². The van der Waals surface area contributed by atoms with Gasteiger partial charge in [0.05, 0.1) is 23.8 Å². The molecule has 0 radical (unpaired) electrons. The van der Waals surface area contributed by atoms with Crippen LogP contribution in [0.25, 0.3) is 0 Å². The highest BCUT2D eigenvalue weighted by Crippen LogP contribution is 2.29. The van der Waals surface area contributed by atoms with Crippen molar-refractivity contribution in [3.8, 4) is 0 Å². The molecular weight excluding hydrogens is 359 g/mol. The highest BCUT2D eigenvalue weighted by atomic mass is 35.5. The number of likely N-dealkylation sites (tertiary alicyclic amines) is 1. The minimum Gasteiger partial charge on any atom is -0.346 e. The molecule has 0 spiro atoms. The van der Waals surface area contributed by atoms with Crippen LogP contribution in [0.2, 0.25) is 0 Å². The molecule has 1 aromatic rings. The lowest BCUT2D eigenvalue weighted by Crippen LogP contribution is -2.45. The van der Waals surface area contributed by atoms with Gasteiger partial charge in [0.25, 0.3) is 0 Å². The van der Waals surface area contributed by atoms with Crippen LogP contribution in [0.4, 0.5) is 0 Å². The second kappa shape index (κ2) is 10.8. The number of nitrogens with zero attached hydrogens (tertiary/aromatic N) is 2. The highest BCUT2D eigenvalue weighted by Gasteiger charge is 2.26. The number of aromatic nitrogens is 1. The van der Waals surface area contributed by atoms with Gasteiger partial charge in [-0.05, 0) is 19.3 Å². The Balaban J connectivity index is 0.00000242. The fourth-order valence-corrected chi connectivity index (χ4v) is 3.47. The van der Waals surface area contributed by atoms with E-state index in [2.05, 4.69) is 22.6 Å². The molecule has 0 aromatic carbocycles. The van der Waals surface area contributed by atoms with Crippen LogP contribution in [0.5, 0.6) is 0 Å². The van der Waals surface area contributed by atoms with E-state index in [1.165, 1.54) is 0 Å². The van der Waals surface area contributed by atoms with Gasteiger partial charge in [0.2, 0.25) is 11.8 Å². The monoisotopic (exact) mass is 382 g/mol. The van der Waals surface area contributed by atoms with Gasteiger partial charge in [-0.3, -0.25) is 9.59 Å². The number of halogens is 2. The van der Waals surface area contributed by atoms with Crippen LogP contribution in [0.1, 0.15) is 36.4 Å². The van der Waals surface area contributed by atoms with Gasteiger partial charge >= 0.3 is 0 Å². The van der Waals surface area contributed by atoms with Crippen molar-refractivity contribution in [2.75, 3.05) is 26.2 Å². The molecule has 23 heavy (non-hydrogen) atoms. The number of rotatable bonds is 5. The van der Waals surface area contributed by atoms with Crippen molar-refractivity contribution in [2.24, 2.45) is 5.73 Å². The number of nitrogens with two attached hydrogens (primary N) is 1. The van der Waals surface area contributed by atoms with Gasteiger partial charge in [-0.15, -0.1) is 36.2 Å². The van der Waals surface area contributed by atoms with Crippen LogP contribution in [-0.2, 0) is 16.0 Å². The summed E-state index contributed by atoms with van der Waals surface area (Å²) in [5.41, 5.74) is 6.33. The third-order valence-electron chi connectivity index (χ3n) is 3.68. The summed E-state index contributed by atoms with van der Waals surface area (Å²) in [5, 5.41) is 5.74. The maximum atomic E-state index is 12.1. The lowest BCUT2D eigenvalue weighted by molar-refractivity contribution is -0.133. The Morgan fingerprint density at radius 2 is 2.22 bits per heavy atom. The molecule has 2 heterocycles. The van der Waals surface area contributed by atoms with Crippen molar-refractivity contribution < 1.29 is 9.59 Å². The number of aryl methyl sites for hydroxylation is 1. The van der Waals surface area contributed by atoms with Gasteiger partial charge < -0.3 is 16.0 Å². The molecule has 6 nitrogen and oxygen atoms in total. The molecule has 0 bridgehead atoms. The first-order valence-electron chi connectivity index (χ1n) is 7.32. The molecule has 1 aromatic heterocycles. The predicted molar refractivity (Wildman–Crippen MR) is 96.6 cm³/mol. The van der Waals surface area contributed by atoms with E-state index in [0.717, 1.165) is 36.5 Å². The molecule has 0 aliphatic carbocycles. The summed E-state index contributed by atoms with van der Waals surface area (Å²) in [5.74, 6) is -0.0311. The minimum atomic E-state index is -0.301. The number of nitrogens with one attached hydrogen (secondary N) is 1. The van der Waals surface area contributed by atoms with E-state index in [1.54, 1.807) is 11.3 Å². The Morgan fingerprint density at radius 1 is 1.48 bits per heavy atom. The SMILES string of the molecule is CCc1csc(C2CCCN(C(=O)CNC(=O)CN)C2)n1.Cl.Cl. The number of carbonyl (C=O) groups excluding carboxylic acids is 2. The number of carbonyl (C=O) groups is 2. The van der Waals surface area contributed by atoms with Gasteiger partial charge in [0.15, 0.2) is 0 Å². The van der Waals surface area contributed by atoms with E-state index in [1.807, 2.05) is 4.90 Å². The lowest BCUT2D eigenvalue weighted by atomic mass is 9.98. The largest absolute Gasteiger partial charge is 0.346 e. The molecule has 2 rings (SSSR count). The van der Waals surface area contributed by atoms with Crippen molar-refractivity contribution >= 4 is 48.0 Å². The molecular formula is C14H24Cl2N4O2S. The van der Waals surface area contributed by atoms with Crippen molar-refractivity contribution in [3.05, 3.63) is 16.1 Å². The molecule has 1 aliphatic rings. The average molecular weight is 383 g/mol. The summed E-state index contributed by atoms with van der Waals surface area (Å²) >= 11 is 1.68. The first-order valence-corrected chi connectivity index (χ1v) is 8.20. The Kier molecular flexibility index (Phi) is 10.4. The summed E-state index contributed by atoms with van der Waals surface area (Å²) in [7, 11) is 0. The molecule has 1 atom stereocenters. The minimum absolute atomic E-state index is 0. The molecule has 1 aliphatic heterocycles. The number of thiazole rings is 1. The van der Waals surface area contributed by atoms with Crippen LogP contribution in [0.3, 0.4) is 0 Å². The number of hydrogen-bond acceptors (Lipinski definition) is 5. The van der Waals surface area contributed by atoms with E-state index >= 15 is 0 Å². The molecule has 1 fully saturated rings. The summed E-state index contributed by atoms with van der Waals surface area (Å²) in [4.78, 5) is 29.7. The first-order chi connectivity index (χ1) is 10.1. The Morgan fingerprint density at radius 3 is 2.83 bits per heavy atom. The predicted octanol–water partition coefficient (Wildman–Crippen LogP) is 1.33. The molecule has 1 unspecified atom stereocenters. The zero-order chi connectivity index (χ0) is 15.2. The highest BCUT2D eigenvalue weighted by molar-refractivity contribution is 7.09. The van der Waals surface area contributed by atoms with E-state index in [4.69, 9.17) is 5.73 Å². The maximum Gasteiger partial charge on any atom is 0.241 e. The maximum absolute atomic E-state index is 12.1. The normalized spacial score (nSPS) is 17.0. The first kappa shape index (κ1) is 22.1. The van der Waals surface area contributed by atoms with Crippen LogP contribution in [0.15, 0.2) is 5.38 Å². The molecule has 1 saturated heterocycles. The van der Waals surface area contributed by atoms with E-state index in [0.29, 0.717) is 12.5 Å². The van der Waals surface area contributed by atoms with Crippen LogP contribution in [-0.4, -0.2) is 47.9 Å². The van der Waals surface area contributed by atoms with E-state index in [-0.39, 0.29) is 49.7 Å². The van der Waals surface area contributed by atoms with Gasteiger partial charge in [0.1, 0.15) is 0 Å². The quantitative estimate of drug-likeness (QED) is 0.803. The van der Waals surface area contributed by atoms with Crippen molar-refractivity contribution in [1.82, 2.24) is 15.2 Å². The summed E-state index contributed by atoms with van der Waals surface area (Å²) in [6.07, 6.45) is 2.98. The van der Waals surface area contributed by atoms with E-state index in [9.17, 15) is 9.59 Å². The third-order valence-corrected chi connectivity index (χ3v) is 4.73. The molecule has 0 saturated carbocycles. The standard InChI is InChI=1S/C14H22N4O2S.2ClH/c1-2-11-9-21-14(17-11)10-4-3-5-18(8-10)13(20)7-16-12(19)6-15;;/h9-10H,2-8,15H2,1H3,(H,16,19);2*1H. The van der Waals surface area contributed by atoms with E-state index < -0.39 is 0 Å². The molecule has 9 heteroatoms. The second-order valence-electron chi connectivity index (χ2n) is 5.19. The molecule has 132 valence electrons. The summed E-state index contributed by atoms with van der Waals surface area (Å²) in [6.45, 7) is 3.47. The average Bonchev–Trinajstić information content (AvgIpc) is 3.01. The number of hydrogen-bond donors (Lipinski definition) is 2. The fraction of sp³-hybridized carbons (Fsp3) is 0.643.